The number of hydrogen-bond acceptors (Lipinski definition) is 4. The molecule has 1 rings (SSSR count). The maximum atomic E-state index is 11.2. The van der Waals surface area contributed by atoms with Gasteiger partial charge in [0.15, 0.2) is 0 Å². The first-order valence-corrected chi connectivity index (χ1v) is 3.57. The van der Waals surface area contributed by atoms with Gasteiger partial charge in [-0.1, -0.05) is 0 Å². The Morgan fingerprint density at radius 3 is 2.77 bits per heavy atom. The summed E-state index contributed by atoms with van der Waals surface area (Å²) >= 11 is 0. The van der Waals surface area contributed by atoms with Crippen LogP contribution in [0.5, 0.6) is 0 Å². The Hall–Kier alpha value is -1.85. The maximum absolute atomic E-state index is 11.2. The van der Waals surface area contributed by atoms with Crippen LogP contribution >= 0.6 is 0 Å². The molecular weight excluding hydrogens is 174 g/mol. The van der Waals surface area contributed by atoms with Gasteiger partial charge in [0, 0.05) is 5.56 Å². The van der Waals surface area contributed by atoms with Crippen molar-refractivity contribution in [2.75, 3.05) is 5.73 Å². The van der Waals surface area contributed by atoms with Crippen molar-refractivity contribution in [1.29, 1.82) is 0 Å². The zero-order valence-corrected chi connectivity index (χ0v) is 7.00. The first-order valence-electron chi connectivity index (χ1n) is 3.57. The van der Waals surface area contributed by atoms with Gasteiger partial charge < -0.3 is 10.8 Å². The minimum Gasteiger partial charge on any atom is -0.481 e. The minimum atomic E-state index is -1.07. The van der Waals surface area contributed by atoms with Crippen LogP contribution in [0.1, 0.15) is 11.3 Å². The Kier molecular flexibility index (Phi) is 2.32. The number of aromatic amines is 1. The Bertz CT molecular complexity index is 396. The molecule has 1 aromatic rings. The average molecular weight is 183 g/mol. The number of nitrogens with two attached hydrogens (primary N) is 1. The molecular formula is C7H9N3O3. The molecule has 0 saturated heterocycles. The van der Waals surface area contributed by atoms with E-state index in [1.165, 1.54) is 0 Å². The number of carbonyl (C=O) groups is 1. The van der Waals surface area contributed by atoms with Gasteiger partial charge in [0.25, 0.3) is 5.56 Å². The fourth-order valence-electron chi connectivity index (χ4n) is 0.992. The van der Waals surface area contributed by atoms with Gasteiger partial charge >= 0.3 is 5.97 Å². The number of rotatable bonds is 2. The van der Waals surface area contributed by atoms with Crippen LogP contribution in [-0.2, 0) is 11.2 Å². The fraction of sp³-hybridized carbons (Fsp3) is 0.286. The van der Waals surface area contributed by atoms with Crippen LogP contribution in [0.3, 0.4) is 0 Å². The summed E-state index contributed by atoms with van der Waals surface area (Å²) in [6, 6.07) is 0. The lowest BCUT2D eigenvalue weighted by Crippen LogP contribution is -2.20. The van der Waals surface area contributed by atoms with Crippen LogP contribution in [0.4, 0.5) is 5.95 Å². The molecule has 6 nitrogen and oxygen atoms in total. The number of anilines is 1. The molecule has 0 fully saturated rings. The summed E-state index contributed by atoms with van der Waals surface area (Å²) in [6.07, 6.45) is -0.339. The second-order valence-corrected chi connectivity index (χ2v) is 2.59. The number of hydrogen-bond donors (Lipinski definition) is 3. The molecule has 0 atom stereocenters. The van der Waals surface area contributed by atoms with E-state index >= 15 is 0 Å². The Morgan fingerprint density at radius 1 is 1.69 bits per heavy atom. The highest BCUT2D eigenvalue weighted by Gasteiger charge is 2.10. The van der Waals surface area contributed by atoms with Crippen LogP contribution in [0.25, 0.3) is 0 Å². The molecule has 0 unspecified atom stereocenters. The second kappa shape index (κ2) is 3.26. The molecule has 6 heteroatoms. The predicted molar refractivity (Wildman–Crippen MR) is 45.3 cm³/mol. The molecule has 4 N–H and O–H groups in total. The van der Waals surface area contributed by atoms with E-state index in [4.69, 9.17) is 10.8 Å². The fourth-order valence-corrected chi connectivity index (χ4v) is 0.992. The molecule has 0 amide bonds. The van der Waals surface area contributed by atoms with Crippen molar-refractivity contribution in [3.8, 4) is 0 Å². The lowest BCUT2D eigenvalue weighted by atomic mass is 10.2. The first-order chi connectivity index (χ1) is 6.00. The number of aryl methyl sites for hydroxylation is 1. The van der Waals surface area contributed by atoms with Crippen LogP contribution in [0, 0.1) is 6.92 Å². The molecule has 0 aliphatic heterocycles. The van der Waals surface area contributed by atoms with Gasteiger partial charge in [-0.15, -0.1) is 0 Å². The van der Waals surface area contributed by atoms with Gasteiger partial charge in [0.2, 0.25) is 5.95 Å². The van der Waals surface area contributed by atoms with E-state index in [1.807, 2.05) is 0 Å². The van der Waals surface area contributed by atoms with E-state index in [9.17, 15) is 9.59 Å². The predicted octanol–water partition coefficient (Wildman–Crippen LogP) is -0.712. The summed E-state index contributed by atoms with van der Waals surface area (Å²) in [7, 11) is 0. The Balaban J connectivity index is 3.21. The molecule has 0 saturated carbocycles. The standard InChI is InChI=1S/C7H9N3O3/c1-3-4(2-5(11)12)6(13)10-7(8)9-3/h2H2,1H3,(H,11,12)(H3,8,9,10,13). The van der Waals surface area contributed by atoms with E-state index < -0.39 is 11.5 Å². The third-order valence-corrected chi connectivity index (χ3v) is 1.57. The van der Waals surface area contributed by atoms with E-state index in [0.717, 1.165) is 0 Å². The zero-order valence-electron chi connectivity index (χ0n) is 7.00. The summed E-state index contributed by atoms with van der Waals surface area (Å²) in [4.78, 5) is 27.5. The monoisotopic (exact) mass is 183 g/mol. The molecule has 1 heterocycles. The van der Waals surface area contributed by atoms with Crippen molar-refractivity contribution in [1.82, 2.24) is 9.97 Å². The summed E-state index contributed by atoms with van der Waals surface area (Å²) in [5, 5.41) is 8.47. The van der Waals surface area contributed by atoms with Crippen LogP contribution in [-0.4, -0.2) is 21.0 Å². The lowest BCUT2D eigenvalue weighted by molar-refractivity contribution is -0.136. The minimum absolute atomic E-state index is 0.00311. The molecule has 13 heavy (non-hydrogen) atoms. The van der Waals surface area contributed by atoms with E-state index in [1.54, 1.807) is 6.92 Å². The van der Waals surface area contributed by atoms with Crippen molar-refractivity contribution < 1.29 is 9.90 Å². The summed E-state index contributed by atoms with van der Waals surface area (Å²) in [5.41, 5.74) is 5.24. The van der Waals surface area contributed by atoms with Crippen LogP contribution in [0.2, 0.25) is 0 Å². The SMILES string of the molecule is Cc1nc(N)[nH]c(=O)c1CC(=O)O. The maximum Gasteiger partial charge on any atom is 0.308 e. The van der Waals surface area contributed by atoms with Crippen molar-refractivity contribution >= 4 is 11.9 Å². The molecule has 0 aliphatic rings. The van der Waals surface area contributed by atoms with Gasteiger partial charge in [-0.2, -0.15) is 0 Å². The summed E-state index contributed by atoms with van der Waals surface area (Å²) in [6.45, 7) is 1.55. The van der Waals surface area contributed by atoms with Gasteiger partial charge in [-0.25, -0.2) is 4.98 Å². The lowest BCUT2D eigenvalue weighted by Gasteiger charge is -2.01. The topological polar surface area (TPSA) is 109 Å². The molecule has 0 spiro atoms. The second-order valence-electron chi connectivity index (χ2n) is 2.59. The largest absolute Gasteiger partial charge is 0.481 e. The first kappa shape index (κ1) is 9.24. The van der Waals surface area contributed by atoms with E-state index in [2.05, 4.69) is 9.97 Å². The highest BCUT2D eigenvalue weighted by molar-refractivity contribution is 5.70. The average Bonchev–Trinajstić information content (AvgIpc) is 1.96. The van der Waals surface area contributed by atoms with Crippen LogP contribution in [0.15, 0.2) is 4.79 Å². The zero-order chi connectivity index (χ0) is 10.0. The van der Waals surface area contributed by atoms with Gasteiger partial charge in [0.1, 0.15) is 0 Å². The summed E-state index contributed by atoms with van der Waals surface area (Å²) < 4.78 is 0. The smallest absolute Gasteiger partial charge is 0.308 e. The number of nitrogens with one attached hydrogen (secondary N) is 1. The number of aliphatic carboxylic acids is 1. The van der Waals surface area contributed by atoms with Crippen molar-refractivity contribution in [2.24, 2.45) is 0 Å². The number of nitrogen functional groups attached to an aromatic ring is 1. The highest BCUT2D eigenvalue weighted by atomic mass is 16.4. The summed E-state index contributed by atoms with van der Waals surface area (Å²) in [5.74, 6) is -1.07. The molecule has 0 aromatic carbocycles. The molecule has 0 radical (unpaired) electrons. The van der Waals surface area contributed by atoms with Crippen LogP contribution < -0.4 is 11.3 Å². The number of aromatic nitrogens is 2. The highest BCUT2D eigenvalue weighted by Crippen LogP contribution is 2.00. The molecule has 70 valence electrons. The quantitative estimate of drug-likeness (QED) is 0.561. The Labute approximate surface area is 73.4 Å². The molecule has 1 aromatic heterocycles. The third-order valence-electron chi connectivity index (χ3n) is 1.57. The third kappa shape index (κ3) is 2.05. The van der Waals surface area contributed by atoms with Crippen molar-refractivity contribution in [3.05, 3.63) is 21.6 Å². The number of H-pyrrole nitrogens is 1. The number of carboxylic acids is 1. The van der Waals surface area contributed by atoms with Crippen molar-refractivity contribution in [2.45, 2.75) is 13.3 Å². The van der Waals surface area contributed by atoms with E-state index in [0.29, 0.717) is 5.69 Å². The van der Waals surface area contributed by atoms with Crippen molar-refractivity contribution in [3.63, 3.8) is 0 Å². The molecule has 0 bridgehead atoms. The molecule has 0 aliphatic carbocycles. The number of nitrogens with zero attached hydrogens (tertiary/aromatic N) is 1. The number of carboxylic acid groups (broad SMARTS) is 1. The van der Waals surface area contributed by atoms with E-state index in [-0.39, 0.29) is 17.9 Å². The van der Waals surface area contributed by atoms with Gasteiger partial charge in [-0.05, 0) is 6.92 Å². The van der Waals surface area contributed by atoms with Gasteiger partial charge in [-0.3, -0.25) is 14.6 Å². The normalized spacial score (nSPS) is 9.92. The Morgan fingerprint density at radius 2 is 2.31 bits per heavy atom. The van der Waals surface area contributed by atoms with Gasteiger partial charge in [0.05, 0.1) is 12.1 Å².